The molecule has 1 saturated heterocycles. The van der Waals surface area contributed by atoms with E-state index in [1.807, 2.05) is 24.3 Å². The molecular weight excluding hydrogens is 268 g/mol. The second-order valence-corrected chi connectivity index (χ2v) is 6.02. The van der Waals surface area contributed by atoms with Gasteiger partial charge < -0.3 is 5.32 Å². The summed E-state index contributed by atoms with van der Waals surface area (Å²) in [5.41, 5.74) is 1.76. The first-order valence-electron chi connectivity index (χ1n) is 7.26. The maximum absolute atomic E-state index is 11.8. The van der Waals surface area contributed by atoms with Crippen LogP contribution in [0.25, 0.3) is 0 Å². The lowest BCUT2D eigenvalue weighted by atomic mass is 9.98. The van der Waals surface area contributed by atoms with Crippen LogP contribution >= 0.6 is 0 Å². The van der Waals surface area contributed by atoms with Gasteiger partial charge >= 0.3 is 0 Å². The summed E-state index contributed by atoms with van der Waals surface area (Å²) < 4.78 is 0. The molecule has 2 fully saturated rings. The average Bonchev–Trinajstić information content (AvgIpc) is 3.08. The van der Waals surface area contributed by atoms with Crippen molar-refractivity contribution >= 4 is 23.4 Å². The van der Waals surface area contributed by atoms with Gasteiger partial charge in [0.1, 0.15) is 0 Å². The molecule has 1 heterocycles. The Morgan fingerprint density at radius 2 is 1.95 bits per heavy atom. The minimum absolute atomic E-state index is 0.0796. The predicted octanol–water partition coefficient (Wildman–Crippen LogP) is 1.49. The van der Waals surface area contributed by atoms with E-state index in [1.54, 1.807) is 0 Å². The molecule has 3 unspecified atom stereocenters. The zero-order chi connectivity index (χ0) is 15.0. The molecule has 3 amide bonds. The summed E-state index contributed by atoms with van der Waals surface area (Å²) in [6, 6.07) is 7.47. The van der Waals surface area contributed by atoms with E-state index in [1.165, 1.54) is 0 Å². The summed E-state index contributed by atoms with van der Waals surface area (Å²) >= 11 is 0. The number of imide groups is 1. The Morgan fingerprint density at radius 3 is 2.48 bits per heavy atom. The number of nitrogens with one attached hydrogen (secondary N) is 2. The van der Waals surface area contributed by atoms with Crippen molar-refractivity contribution in [2.45, 2.75) is 26.2 Å². The van der Waals surface area contributed by atoms with Crippen LogP contribution in [0, 0.1) is 17.8 Å². The second kappa shape index (κ2) is 5.31. The molecule has 1 aliphatic heterocycles. The highest BCUT2D eigenvalue weighted by Gasteiger charge is 2.39. The first kappa shape index (κ1) is 13.8. The van der Waals surface area contributed by atoms with Gasteiger partial charge in [-0.15, -0.1) is 0 Å². The zero-order valence-corrected chi connectivity index (χ0v) is 11.9. The standard InChI is InChI=1S/C16H18N2O3/c1-9-6-13(9)16(21)17-12-4-2-10(3-5-12)7-11-8-14(19)18-15(11)20/h2-5,9,11,13H,6-8H2,1H3,(H,17,21)(H,18,19,20). The van der Waals surface area contributed by atoms with Gasteiger partial charge in [-0.05, 0) is 36.5 Å². The molecule has 110 valence electrons. The number of hydrogen-bond donors (Lipinski definition) is 2. The van der Waals surface area contributed by atoms with Gasteiger partial charge in [-0.2, -0.15) is 0 Å². The monoisotopic (exact) mass is 286 g/mol. The van der Waals surface area contributed by atoms with Crippen LogP contribution < -0.4 is 10.6 Å². The van der Waals surface area contributed by atoms with Crippen molar-refractivity contribution in [2.75, 3.05) is 5.32 Å². The molecule has 1 aromatic rings. The van der Waals surface area contributed by atoms with Crippen LogP contribution in [0.3, 0.4) is 0 Å². The van der Waals surface area contributed by atoms with Crippen molar-refractivity contribution in [3.63, 3.8) is 0 Å². The molecule has 0 aromatic heterocycles. The smallest absolute Gasteiger partial charge is 0.230 e. The molecule has 0 radical (unpaired) electrons. The molecular formula is C16H18N2O3. The van der Waals surface area contributed by atoms with Crippen molar-refractivity contribution in [3.05, 3.63) is 29.8 Å². The summed E-state index contributed by atoms with van der Waals surface area (Å²) in [6.07, 6.45) is 1.77. The molecule has 1 saturated carbocycles. The topological polar surface area (TPSA) is 75.3 Å². The Balaban J connectivity index is 1.58. The van der Waals surface area contributed by atoms with Crippen LogP contribution in [0.1, 0.15) is 25.3 Å². The predicted molar refractivity (Wildman–Crippen MR) is 77.3 cm³/mol. The van der Waals surface area contributed by atoms with Crippen molar-refractivity contribution in [1.82, 2.24) is 5.32 Å². The van der Waals surface area contributed by atoms with Crippen LogP contribution in [-0.2, 0) is 20.8 Å². The van der Waals surface area contributed by atoms with E-state index in [-0.39, 0.29) is 36.0 Å². The highest BCUT2D eigenvalue weighted by Crippen LogP contribution is 2.38. The SMILES string of the molecule is CC1CC1C(=O)Nc1ccc(CC2CC(=O)NC2=O)cc1. The third kappa shape index (κ3) is 3.12. The van der Waals surface area contributed by atoms with Crippen molar-refractivity contribution in [3.8, 4) is 0 Å². The third-order valence-corrected chi connectivity index (χ3v) is 4.22. The second-order valence-electron chi connectivity index (χ2n) is 6.02. The molecule has 3 atom stereocenters. The first-order chi connectivity index (χ1) is 10.0. The van der Waals surface area contributed by atoms with Crippen molar-refractivity contribution in [1.29, 1.82) is 0 Å². The molecule has 21 heavy (non-hydrogen) atoms. The Bertz CT molecular complexity index is 594. The maximum Gasteiger partial charge on any atom is 0.230 e. The molecule has 2 aliphatic rings. The number of amides is 3. The molecule has 2 N–H and O–H groups in total. The van der Waals surface area contributed by atoms with Gasteiger partial charge in [0.2, 0.25) is 17.7 Å². The van der Waals surface area contributed by atoms with Gasteiger partial charge in [-0.3, -0.25) is 19.7 Å². The number of carbonyl (C=O) groups excluding carboxylic acids is 3. The molecule has 1 aliphatic carbocycles. The summed E-state index contributed by atoms with van der Waals surface area (Å²) in [5.74, 6) is 0.0503. The number of rotatable bonds is 4. The highest BCUT2D eigenvalue weighted by atomic mass is 16.2. The normalized spacial score (nSPS) is 27.4. The summed E-state index contributed by atoms with van der Waals surface area (Å²) in [6.45, 7) is 2.07. The molecule has 5 nitrogen and oxygen atoms in total. The first-order valence-corrected chi connectivity index (χ1v) is 7.26. The fourth-order valence-corrected chi connectivity index (χ4v) is 2.70. The minimum Gasteiger partial charge on any atom is -0.326 e. The molecule has 0 bridgehead atoms. The molecule has 3 rings (SSSR count). The van der Waals surface area contributed by atoms with Crippen LogP contribution in [0.5, 0.6) is 0 Å². The average molecular weight is 286 g/mol. The van der Waals surface area contributed by atoms with Crippen molar-refractivity contribution < 1.29 is 14.4 Å². The lowest BCUT2D eigenvalue weighted by molar-refractivity contribution is -0.125. The van der Waals surface area contributed by atoms with Gasteiger partial charge in [0.25, 0.3) is 0 Å². The maximum atomic E-state index is 11.8. The Hall–Kier alpha value is -2.17. The third-order valence-electron chi connectivity index (χ3n) is 4.22. The number of benzene rings is 1. The van der Waals surface area contributed by atoms with Crippen LogP contribution in [0.15, 0.2) is 24.3 Å². The van der Waals surface area contributed by atoms with Crippen molar-refractivity contribution in [2.24, 2.45) is 17.8 Å². The fraction of sp³-hybridized carbons (Fsp3) is 0.438. The van der Waals surface area contributed by atoms with Crippen LogP contribution in [-0.4, -0.2) is 17.7 Å². The van der Waals surface area contributed by atoms with Gasteiger partial charge in [0, 0.05) is 18.0 Å². The molecule has 5 heteroatoms. The van der Waals surface area contributed by atoms with Gasteiger partial charge in [-0.25, -0.2) is 0 Å². The summed E-state index contributed by atoms with van der Waals surface area (Å²) in [7, 11) is 0. The van der Waals surface area contributed by atoms with E-state index in [0.29, 0.717) is 12.3 Å². The zero-order valence-electron chi connectivity index (χ0n) is 11.9. The minimum atomic E-state index is -0.273. The largest absolute Gasteiger partial charge is 0.326 e. The van der Waals surface area contributed by atoms with E-state index >= 15 is 0 Å². The van der Waals surface area contributed by atoms with Gasteiger partial charge in [0.05, 0.1) is 5.92 Å². The van der Waals surface area contributed by atoms with E-state index < -0.39 is 0 Å². The number of anilines is 1. The highest BCUT2D eigenvalue weighted by molar-refractivity contribution is 6.03. The Kier molecular flexibility index (Phi) is 3.49. The van der Waals surface area contributed by atoms with Gasteiger partial charge in [-0.1, -0.05) is 19.1 Å². The van der Waals surface area contributed by atoms with E-state index in [9.17, 15) is 14.4 Å². The summed E-state index contributed by atoms with van der Waals surface area (Å²) in [5, 5.41) is 5.21. The lowest BCUT2D eigenvalue weighted by Crippen LogP contribution is -2.22. The van der Waals surface area contributed by atoms with E-state index in [2.05, 4.69) is 17.6 Å². The van der Waals surface area contributed by atoms with Crippen LogP contribution in [0.4, 0.5) is 5.69 Å². The summed E-state index contributed by atoms with van der Waals surface area (Å²) in [4.78, 5) is 34.5. The molecule has 1 aromatic carbocycles. The molecule has 0 spiro atoms. The fourth-order valence-electron chi connectivity index (χ4n) is 2.70. The Labute approximate surface area is 123 Å². The number of hydrogen-bond acceptors (Lipinski definition) is 3. The Morgan fingerprint density at radius 1 is 1.29 bits per heavy atom. The number of carbonyl (C=O) groups is 3. The lowest BCUT2D eigenvalue weighted by Gasteiger charge is -2.08. The van der Waals surface area contributed by atoms with E-state index in [0.717, 1.165) is 17.7 Å². The quantitative estimate of drug-likeness (QED) is 0.823. The van der Waals surface area contributed by atoms with Crippen LogP contribution in [0.2, 0.25) is 0 Å². The van der Waals surface area contributed by atoms with Gasteiger partial charge in [0.15, 0.2) is 0 Å². The van der Waals surface area contributed by atoms with E-state index in [4.69, 9.17) is 0 Å².